The zero-order valence-corrected chi connectivity index (χ0v) is 15.1. The predicted octanol–water partition coefficient (Wildman–Crippen LogP) is 4.02. The number of hydrogen-bond acceptors (Lipinski definition) is 2. The number of amides is 3. The van der Waals surface area contributed by atoms with Crippen molar-refractivity contribution in [2.75, 3.05) is 0 Å². The van der Waals surface area contributed by atoms with Crippen molar-refractivity contribution in [1.29, 1.82) is 0 Å². The fourth-order valence-electron chi connectivity index (χ4n) is 3.61. The third-order valence-corrected chi connectivity index (χ3v) is 5.04. The molecule has 28 heavy (non-hydrogen) atoms. The van der Waals surface area contributed by atoms with Gasteiger partial charge in [0.15, 0.2) is 5.54 Å². The van der Waals surface area contributed by atoms with Crippen LogP contribution < -0.4 is 5.32 Å². The number of urea groups is 1. The van der Waals surface area contributed by atoms with Gasteiger partial charge in [-0.3, -0.25) is 9.69 Å². The number of rotatable bonds is 5. The van der Waals surface area contributed by atoms with Crippen molar-refractivity contribution < 1.29 is 14.0 Å². The number of imide groups is 1. The van der Waals surface area contributed by atoms with Gasteiger partial charge in [0.05, 0.1) is 6.54 Å². The van der Waals surface area contributed by atoms with E-state index in [0.717, 1.165) is 10.5 Å². The van der Waals surface area contributed by atoms with E-state index in [-0.39, 0.29) is 12.5 Å². The predicted molar refractivity (Wildman–Crippen MR) is 104 cm³/mol. The molecule has 1 aliphatic heterocycles. The minimum Gasteiger partial charge on any atom is -0.319 e. The zero-order valence-electron chi connectivity index (χ0n) is 15.1. The van der Waals surface area contributed by atoms with E-state index in [0.29, 0.717) is 17.5 Å². The maximum atomic E-state index is 14.1. The summed E-state index contributed by atoms with van der Waals surface area (Å²) < 4.78 is 14.1. The summed E-state index contributed by atoms with van der Waals surface area (Å²) in [4.78, 5) is 27.3. The molecule has 1 saturated heterocycles. The molecule has 1 atom stereocenters. The van der Waals surface area contributed by atoms with Crippen LogP contribution in [0.3, 0.4) is 0 Å². The lowest BCUT2D eigenvalue weighted by Crippen LogP contribution is -2.46. The first-order chi connectivity index (χ1) is 13.6. The fourth-order valence-corrected chi connectivity index (χ4v) is 3.61. The molecule has 1 N–H and O–H groups in total. The lowest BCUT2D eigenvalue weighted by atomic mass is 9.83. The maximum absolute atomic E-state index is 14.1. The second kappa shape index (κ2) is 7.27. The molecule has 3 aromatic carbocycles. The van der Waals surface area contributed by atoms with Crippen molar-refractivity contribution in [3.8, 4) is 0 Å². The van der Waals surface area contributed by atoms with E-state index in [1.54, 1.807) is 18.2 Å². The van der Waals surface area contributed by atoms with Crippen molar-refractivity contribution in [2.24, 2.45) is 0 Å². The number of nitrogens with one attached hydrogen (secondary N) is 1. The van der Waals surface area contributed by atoms with Gasteiger partial charge in [-0.05, 0) is 17.2 Å². The van der Waals surface area contributed by atoms with Crippen LogP contribution in [0.4, 0.5) is 9.18 Å². The fraction of sp³-hybridized carbons (Fsp3) is 0.130. The summed E-state index contributed by atoms with van der Waals surface area (Å²) in [5, 5.41) is 2.89. The molecule has 0 saturated carbocycles. The van der Waals surface area contributed by atoms with E-state index in [9.17, 15) is 14.0 Å². The molecule has 0 aromatic heterocycles. The highest BCUT2D eigenvalue weighted by Gasteiger charge is 2.52. The molecule has 140 valence electrons. The first-order valence-electron chi connectivity index (χ1n) is 9.07. The summed E-state index contributed by atoms with van der Waals surface area (Å²) in [5.74, 6) is -0.820. The van der Waals surface area contributed by atoms with Crippen LogP contribution in [-0.2, 0) is 23.3 Å². The van der Waals surface area contributed by atoms with Crippen molar-refractivity contribution in [3.63, 3.8) is 0 Å². The molecular formula is C23H19FN2O2. The number of hydrogen-bond donors (Lipinski definition) is 1. The third kappa shape index (κ3) is 3.16. The molecule has 4 nitrogen and oxygen atoms in total. The van der Waals surface area contributed by atoms with Gasteiger partial charge in [0, 0.05) is 12.0 Å². The van der Waals surface area contributed by atoms with Crippen LogP contribution in [0.5, 0.6) is 0 Å². The van der Waals surface area contributed by atoms with Gasteiger partial charge in [-0.1, -0.05) is 78.9 Å². The molecule has 0 radical (unpaired) electrons. The number of nitrogens with zero attached hydrogens (tertiary/aromatic N) is 1. The molecule has 1 fully saturated rings. The van der Waals surface area contributed by atoms with Crippen molar-refractivity contribution in [3.05, 3.63) is 107 Å². The summed E-state index contributed by atoms with van der Waals surface area (Å²) in [6, 6.07) is 24.4. The highest BCUT2D eigenvalue weighted by atomic mass is 19.1. The Morgan fingerprint density at radius 2 is 1.43 bits per heavy atom. The zero-order chi connectivity index (χ0) is 19.6. The van der Waals surface area contributed by atoms with Crippen LogP contribution in [0.2, 0.25) is 0 Å². The molecule has 0 aliphatic carbocycles. The Bertz CT molecular complexity index is 1010. The molecular weight excluding hydrogens is 355 g/mol. The highest BCUT2D eigenvalue weighted by Crippen LogP contribution is 2.33. The Labute approximate surface area is 162 Å². The number of benzene rings is 3. The second-order valence-corrected chi connectivity index (χ2v) is 6.85. The van der Waals surface area contributed by atoms with Crippen LogP contribution in [-0.4, -0.2) is 16.8 Å². The van der Waals surface area contributed by atoms with Crippen LogP contribution in [0, 0.1) is 5.82 Å². The molecule has 0 bridgehead atoms. The van der Waals surface area contributed by atoms with Gasteiger partial charge in [-0.25, -0.2) is 9.18 Å². The Kier molecular flexibility index (Phi) is 4.65. The molecule has 1 aliphatic rings. The average Bonchev–Trinajstić information content (AvgIpc) is 2.96. The van der Waals surface area contributed by atoms with Gasteiger partial charge in [-0.2, -0.15) is 0 Å². The monoisotopic (exact) mass is 374 g/mol. The Hall–Kier alpha value is -3.47. The van der Waals surface area contributed by atoms with Gasteiger partial charge in [0.2, 0.25) is 0 Å². The smallest absolute Gasteiger partial charge is 0.319 e. The summed E-state index contributed by atoms with van der Waals surface area (Å²) in [6.45, 7) is -0.110. The van der Waals surface area contributed by atoms with Gasteiger partial charge in [-0.15, -0.1) is 0 Å². The lowest BCUT2D eigenvalue weighted by molar-refractivity contribution is -0.132. The summed E-state index contributed by atoms with van der Waals surface area (Å²) in [6.07, 6.45) is 0.316. The summed E-state index contributed by atoms with van der Waals surface area (Å²) in [7, 11) is 0. The summed E-state index contributed by atoms with van der Waals surface area (Å²) in [5.41, 5.74) is 0.709. The number of carbonyl (C=O) groups is 2. The topological polar surface area (TPSA) is 49.4 Å². The van der Waals surface area contributed by atoms with Gasteiger partial charge >= 0.3 is 6.03 Å². The van der Waals surface area contributed by atoms with Crippen LogP contribution in [0.15, 0.2) is 84.9 Å². The van der Waals surface area contributed by atoms with E-state index < -0.39 is 17.4 Å². The molecule has 3 amide bonds. The molecule has 0 unspecified atom stereocenters. The maximum Gasteiger partial charge on any atom is 0.325 e. The Morgan fingerprint density at radius 3 is 2.11 bits per heavy atom. The van der Waals surface area contributed by atoms with Crippen molar-refractivity contribution >= 4 is 11.9 Å². The molecule has 4 rings (SSSR count). The third-order valence-electron chi connectivity index (χ3n) is 5.04. The average molecular weight is 374 g/mol. The van der Waals surface area contributed by atoms with Gasteiger partial charge < -0.3 is 5.32 Å². The normalized spacial score (nSPS) is 19.0. The number of carbonyl (C=O) groups excluding carboxylic acids is 2. The molecule has 1 heterocycles. The van der Waals surface area contributed by atoms with Crippen LogP contribution in [0.1, 0.15) is 16.7 Å². The molecule has 3 aromatic rings. The van der Waals surface area contributed by atoms with Crippen molar-refractivity contribution in [1.82, 2.24) is 10.2 Å². The van der Waals surface area contributed by atoms with E-state index in [4.69, 9.17) is 0 Å². The SMILES string of the molecule is O=C1N[C@@](Cc2ccccc2)(c2ccccc2)C(=O)N1Cc1ccccc1F. The van der Waals surface area contributed by atoms with Gasteiger partial charge in [0.1, 0.15) is 5.82 Å². The minimum absolute atomic E-state index is 0.110. The quantitative estimate of drug-likeness (QED) is 0.686. The van der Waals surface area contributed by atoms with Crippen LogP contribution in [0.25, 0.3) is 0 Å². The highest BCUT2D eigenvalue weighted by molar-refractivity contribution is 6.07. The number of halogens is 1. The van der Waals surface area contributed by atoms with E-state index >= 15 is 0 Å². The molecule has 0 spiro atoms. The van der Waals surface area contributed by atoms with Crippen molar-refractivity contribution in [2.45, 2.75) is 18.5 Å². The van der Waals surface area contributed by atoms with Crippen LogP contribution >= 0.6 is 0 Å². The van der Waals surface area contributed by atoms with E-state index in [1.165, 1.54) is 6.07 Å². The minimum atomic E-state index is -1.22. The standard InChI is InChI=1S/C23H19FN2O2/c24-20-14-8-7-11-18(20)16-26-21(27)23(25-22(26)28,19-12-5-2-6-13-19)15-17-9-3-1-4-10-17/h1-14H,15-16H2,(H,25,28)/t23-/m0/s1. The lowest BCUT2D eigenvalue weighted by Gasteiger charge is -2.27. The summed E-state index contributed by atoms with van der Waals surface area (Å²) >= 11 is 0. The Morgan fingerprint density at radius 1 is 0.821 bits per heavy atom. The first-order valence-corrected chi connectivity index (χ1v) is 9.07. The van der Waals surface area contributed by atoms with E-state index in [1.807, 2.05) is 60.7 Å². The largest absolute Gasteiger partial charge is 0.325 e. The van der Waals surface area contributed by atoms with E-state index in [2.05, 4.69) is 5.32 Å². The molecule has 5 heteroatoms. The second-order valence-electron chi connectivity index (χ2n) is 6.85. The first kappa shape index (κ1) is 17.9. The Balaban J connectivity index is 1.73. The van der Waals surface area contributed by atoms with Gasteiger partial charge in [0.25, 0.3) is 5.91 Å².